The van der Waals surface area contributed by atoms with Gasteiger partial charge in [0.15, 0.2) is 5.13 Å². The van der Waals surface area contributed by atoms with Crippen molar-refractivity contribution in [2.24, 2.45) is 0 Å². The third-order valence-electron chi connectivity index (χ3n) is 2.53. The molecule has 2 amide bonds. The summed E-state index contributed by atoms with van der Waals surface area (Å²) >= 11 is 7.18. The SMILES string of the molecule is CCOC(=O)Cc1csc(NC(=O)Nc2ccccc2Cl)n1. The molecule has 116 valence electrons. The smallest absolute Gasteiger partial charge is 0.325 e. The number of halogens is 1. The van der Waals surface area contributed by atoms with E-state index in [2.05, 4.69) is 15.6 Å². The number of urea groups is 1. The van der Waals surface area contributed by atoms with Gasteiger partial charge in [0.05, 0.1) is 29.4 Å². The number of carbonyl (C=O) groups excluding carboxylic acids is 2. The Hall–Kier alpha value is -2.12. The first kappa shape index (κ1) is 16.3. The van der Waals surface area contributed by atoms with Crippen molar-refractivity contribution in [2.45, 2.75) is 13.3 Å². The number of thiazole rings is 1. The van der Waals surface area contributed by atoms with Gasteiger partial charge < -0.3 is 10.1 Å². The molecular weight excluding hydrogens is 326 g/mol. The van der Waals surface area contributed by atoms with E-state index in [0.717, 1.165) is 0 Å². The number of rotatable bonds is 5. The molecule has 1 aromatic heterocycles. The van der Waals surface area contributed by atoms with Crippen molar-refractivity contribution in [3.05, 3.63) is 40.4 Å². The second kappa shape index (κ2) is 7.77. The number of para-hydroxylation sites is 1. The molecular formula is C14H14ClN3O3S. The fourth-order valence-electron chi connectivity index (χ4n) is 1.62. The van der Waals surface area contributed by atoms with Crippen LogP contribution in [0.3, 0.4) is 0 Å². The van der Waals surface area contributed by atoms with Crippen molar-refractivity contribution in [3.8, 4) is 0 Å². The van der Waals surface area contributed by atoms with Gasteiger partial charge >= 0.3 is 12.0 Å². The first-order valence-electron chi connectivity index (χ1n) is 6.51. The Kier molecular flexibility index (Phi) is 5.74. The van der Waals surface area contributed by atoms with E-state index in [9.17, 15) is 9.59 Å². The molecule has 22 heavy (non-hydrogen) atoms. The summed E-state index contributed by atoms with van der Waals surface area (Å²) in [6.45, 7) is 2.07. The van der Waals surface area contributed by atoms with Crippen LogP contribution < -0.4 is 10.6 Å². The Bertz CT molecular complexity index is 675. The Morgan fingerprint density at radius 1 is 1.32 bits per heavy atom. The van der Waals surface area contributed by atoms with Gasteiger partial charge in [0.2, 0.25) is 0 Å². The highest BCUT2D eigenvalue weighted by Gasteiger charge is 2.11. The summed E-state index contributed by atoms with van der Waals surface area (Å²) < 4.78 is 4.84. The fraction of sp³-hybridized carbons (Fsp3) is 0.214. The van der Waals surface area contributed by atoms with E-state index in [0.29, 0.717) is 28.1 Å². The average Bonchev–Trinajstić information content (AvgIpc) is 2.88. The number of benzene rings is 1. The van der Waals surface area contributed by atoms with E-state index in [1.54, 1.807) is 36.6 Å². The lowest BCUT2D eigenvalue weighted by Gasteiger charge is -2.06. The molecule has 0 aliphatic heterocycles. The van der Waals surface area contributed by atoms with Crippen LogP contribution in [-0.4, -0.2) is 23.6 Å². The summed E-state index contributed by atoms with van der Waals surface area (Å²) in [5.74, 6) is -0.347. The van der Waals surface area contributed by atoms with Gasteiger partial charge in [-0.2, -0.15) is 0 Å². The highest BCUT2D eigenvalue weighted by Crippen LogP contribution is 2.21. The fourth-order valence-corrected chi connectivity index (χ4v) is 2.51. The molecule has 0 aliphatic carbocycles. The molecule has 2 rings (SSSR count). The zero-order chi connectivity index (χ0) is 15.9. The molecule has 0 atom stereocenters. The monoisotopic (exact) mass is 339 g/mol. The molecule has 0 saturated carbocycles. The van der Waals surface area contributed by atoms with Gasteiger partial charge in [-0.15, -0.1) is 11.3 Å². The average molecular weight is 340 g/mol. The molecule has 1 aromatic carbocycles. The molecule has 6 nitrogen and oxygen atoms in total. The zero-order valence-electron chi connectivity index (χ0n) is 11.8. The molecule has 2 N–H and O–H groups in total. The van der Waals surface area contributed by atoms with Crippen LogP contribution in [0.15, 0.2) is 29.6 Å². The van der Waals surface area contributed by atoms with Gasteiger partial charge in [-0.1, -0.05) is 23.7 Å². The van der Waals surface area contributed by atoms with E-state index < -0.39 is 6.03 Å². The predicted molar refractivity (Wildman–Crippen MR) is 86.5 cm³/mol. The van der Waals surface area contributed by atoms with E-state index >= 15 is 0 Å². The second-order valence-corrected chi connectivity index (χ2v) is 5.45. The van der Waals surface area contributed by atoms with E-state index in [1.165, 1.54) is 11.3 Å². The summed E-state index contributed by atoms with van der Waals surface area (Å²) in [4.78, 5) is 27.4. The summed E-state index contributed by atoms with van der Waals surface area (Å²) in [6, 6.07) is 6.45. The lowest BCUT2D eigenvalue weighted by molar-refractivity contribution is -0.142. The molecule has 2 aromatic rings. The van der Waals surface area contributed by atoms with Gasteiger partial charge in [0, 0.05) is 5.38 Å². The maximum atomic E-state index is 11.9. The number of anilines is 2. The summed E-state index contributed by atoms with van der Waals surface area (Å²) in [6.07, 6.45) is 0.0815. The lowest BCUT2D eigenvalue weighted by atomic mass is 10.3. The van der Waals surface area contributed by atoms with E-state index in [1.807, 2.05) is 0 Å². The number of hydrogen-bond acceptors (Lipinski definition) is 5. The molecule has 8 heteroatoms. The topological polar surface area (TPSA) is 80.3 Å². The molecule has 0 saturated heterocycles. The van der Waals surface area contributed by atoms with Crippen LogP contribution in [0.4, 0.5) is 15.6 Å². The zero-order valence-corrected chi connectivity index (χ0v) is 13.3. The third-order valence-corrected chi connectivity index (χ3v) is 3.66. The molecule has 0 unspecified atom stereocenters. The van der Waals surface area contributed by atoms with Crippen molar-refractivity contribution < 1.29 is 14.3 Å². The minimum Gasteiger partial charge on any atom is -0.466 e. The van der Waals surface area contributed by atoms with Crippen LogP contribution in [0.1, 0.15) is 12.6 Å². The van der Waals surface area contributed by atoms with Gasteiger partial charge in [0.25, 0.3) is 0 Å². The van der Waals surface area contributed by atoms with Crippen LogP contribution in [-0.2, 0) is 16.0 Å². The van der Waals surface area contributed by atoms with Crippen LogP contribution in [0.5, 0.6) is 0 Å². The summed E-state index contributed by atoms with van der Waals surface area (Å²) in [5.41, 5.74) is 1.06. The van der Waals surface area contributed by atoms with Crippen molar-refractivity contribution >= 4 is 45.8 Å². The molecule has 0 fully saturated rings. The maximum absolute atomic E-state index is 11.9. The van der Waals surface area contributed by atoms with Crippen molar-refractivity contribution in [2.75, 3.05) is 17.2 Å². The standard InChI is InChI=1S/C14H14ClN3O3S/c1-2-21-12(19)7-9-8-22-14(16-9)18-13(20)17-11-6-4-3-5-10(11)15/h3-6,8H,2,7H2,1H3,(H2,16,17,18,20). The van der Waals surface area contributed by atoms with Gasteiger partial charge in [0.1, 0.15) is 0 Å². The number of nitrogens with zero attached hydrogens (tertiary/aromatic N) is 1. The largest absolute Gasteiger partial charge is 0.466 e. The first-order chi connectivity index (χ1) is 10.6. The second-order valence-electron chi connectivity index (χ2n) is 4.18. The third kappa shape index (κ3) is 4.71. The van der Waals surface area contributed by atoms with Crippen molar-refractivity contribution in [3.63, 3.8) is 0 Å². The Morgan fingerprint density at radius 3 is 2.82 bits per heavy atom. The highest BCUT2D eigenvalue weighted by molar-refractivity contribution is 7.14. The lowest BCUT2D eigenvalue weighted by Crippen LogP contribution is -2.19. The van der Waals surface area contributed by atoms with Gasteiger partial charge in [-0.25, -0.2) is 9.78 Å². The van der Waals surface area contributed by atoms with Crippen LogP contribution >= 0.6 is 22.9 Å². The van der Waals surface area contributed by atoms with Crippen molar-refractivity contribution in [1.82, 2.24) is 4.98 Å². The number of amides is 2. The van der Waals surface area contributed by atoms with E-state index in [4.69, 9.17) is 16.3 Å². The molecule has 0 aliphatic rings. The number of nitrogens with one attached hydrogen (secondary N) is 2. The maximum Gasteiger partial charge on any atom is 0.325 e. The molecule has 0 spiro atoms. The molecule has 0 radical (unpaired) electrons. The highest BCUT2D eigenvalue weighted by atomic mass is 35.5. The van der Waals surface area contributed by atoms with Crippen LogP contribution in [0.2, 0.25) is 5.02 Å². The van der Waals surface area contributed by atoms with Crippen molar-refractivity contribution in [1.29, 1.82) is 0 Å². The number of ether oxygens (including phenoxy) is 1. The number of esters is 1. The summed E-state index contributed by atoms with van der Waals surface area (Å²) in [7, 11) is 0. The van der Waals surface area contributed by atoms with Gasteiger partial charge in [-0.05, 0) is 19.1 Å². The quantitative estimate of drug-likeness (QED) is 0.816. The Balaban J connectivity index is 1.91. The number of carbonyl (C=O) groups is 2. The minimum absolute atomic E-state index is 0.0815. The summed E-state index contributed by atoms with van der Waals surface area (Å²) in [5, 5.41) is 7.75. The van der Waals surface area contributed by atoms with Gasteiger partial charge in [-0.3, -0.25) is 10.1 Å². The Labute approximate surface area is 136 Å². The Morgan fingerprint density at radius 2 is 2.09 bits per heavy atom. The predicted octanol–water partition coefficient (Wildman–Crippen LogP) is 3.55. The van der Waals surface area contributed by atoms with Crippen LogP contribution in [0, 0.1) is 0 Å². The van der Waals surface area contributed by atoms with E-state index in [-0.39, 0.29) is 12.4 Å². The molecule has 0 bridgehead atoms. The number of hydrogen-bond donors (Lipinski definition) is 2. The minimum atomic E-state index is -0.454. The molecule has 1 heterocycles. The first-order valence-corrected chi connectivity index (χ1v) is 7.76. The van der Waals surface area contributed by atoms with Crippen LogP contribution in [0.25, 0.3) is 0 Å². The normalized spacial score (nSPS) is 10.1. The number of aromatic nitrogens is 1.